The van der Waals surface area contributed by atoms with Crippen LogP contribution in [0.15, 0.2) is 0 Å². The van der Waals surface area contributed by atoms with Crippen molar-refractivity contribution in [3.05, 3.63) is 0 Å². The highest BCUT2D eigenvalue weighted by molar-refractivity contribution is 5.65. The van der Waals surface area contributed by atoms with Gasteiger partial charge in [0.1, 0.15) is 0 Å². The molecule has 0 aromatic heterocycles. The van der Waals surface area contributed by atoms with E-state index in [0.717, 1.165) is 4.90 Å². The maximum Gasteiger partial charge on any atom is 0.407 e. The molecule has 0 aromatic rings. The normalized spacial score (nSPS) is 15.3. The van der Waals surface area contributed by atoms with Gasteiger partial charge in [-0.15, -0.1) is 0 Å². The first-order valence-electron chi connectivity index (χ1n) is 3.77. The Kier molecular flexibility index (Phi) is 4.61. The topological polar surface area (TPSA) is 81.0 Å². The Balaban J connectivity index is 4.13. The number of hydrogen-bond acceptors (Lipinski definition) is 3. The van der Waals surface area contributed by atoms with Crippen molar-refractivity contribution in [3.63, 3.8) is 0 Å². The van der Waals surface area contributed by atoms with Crippen LogP contribution in [0.2, 0.25) is 0 Å². The molecule has 0 saturated carbocycles. The van der Waals surface area contributed by atoms with E-state index in [9.17, 15) is 4.79 Å². The van der Waals surface area contributed by atoms with Gasteiger partial charge in [0.2, 0.25) is 0 Å². The fourth-order valence-electron chi connectivity index (χ4n) is 0.830. The van der Waals surface area contributed by atoms with Crippen molar-refractivity contribution in [2.75, 3.05) is 13.2 Å². The van der Waals surface area contributed by atoms with Gasteiger partial charge in [-0.3, -0.25) is 0 Å². The summed E-state index contributed by atoms with van der Waals surface area (Å²) < 4.78 is 0. The molecule has 2 atom stereocenters. The molecule has 0 spiro atoms. The van der Waals surface area contributed by atoms with Crippen molar-refractivity contribution >= 4 is 6.09 Å². The summed E-state index contributed by atoms with van der Waals surface area (Å²) in [7, 11) is 0. The van der Waals surface area contributed by atoms with Gasteiger partial charge in [-0.05, 0) is 13.8 Å². The van der Waals surface area contributed by atoms with Crippen LogP contribution in [0.3, 0.4) is 0 Å². The summed E-state index contributed by atoms with van der Waals surface area (Å²) >= 11 is 0. The van der Waals surface area contributed by atoms with Crippen molar-refractivity contribution in [1.82, 2.24) is 4.90 Å². The molecule has 0 rings (SSSR count). The summed E-state index contributed by atoms with van der Waals surface area (Å²) in [6.07, 6.45) is -1.84. The van der Waals surface area contributed by atoms with Crippen LogP contribution in [-0.4, -0.2) is 51.6 Å². The first-order valence-corrected chi connectivity index (χ1v) is 3.77. The summed E-state index contributed by atoms with van der Waals surface area (Å²) in [4.78, 5) is 11.5. The summed E-state index contributed by atoms with van der Waals surface area (Å²) in [6.45, 7) is 2.87. The zero-order chi connectivity index (χ0) is 9.72. The molecule has 5 heteroatoms. The molecule has 3 N–H and O–H groups in total. The highest BCUT2D eigenvalue weighted by Gasteiger charge is 2.19. The average Bonchev–Trinajstić information content (AvgIpc) is 1.98. The minimum atomic E-state index is -1.13. The largest absolute Gasteiger partial charge is 0.465 e. The molecule has 0 fully saturated rings. The van der Waals surface area contributed by atoms with E-state index in [4.69, 9.17) is 15.3 Å². The molecule has 0 unspecified atom stereocenters. The van der Waals surface area contributed by atoms with Crippen molar-refractivity contribution in [2.45, 2.75) is 26.0 Å². The molecule has 0 aliphatic carbocycles. The maximum absolute atomic E-state index is 10.5. The lowest BCUT2D eigenvalue weighted by molar-refractivity contribution is 0.0695. The average molecular weight is 177 g/mol. The molecule has 0 aliphatic heterocycles. The third kappa shape index (κ3) is 3.54. The summed E-state index contributed by atoms with van der Waals surface area (Å²) in [5.74, 6) is 0. The molecule has 0 saturated heterocycles. The van der Waals surface area contributed by atoms with Gasteiger partial charge in [0.25, 0.3) is 0 Å². The van der Waals surface area contributed by atoms with Gasteiger partial charge in [-0.25, -0.2) is 4.79 Å². The van der Waals surface area contributed by atoms with Gasteiger partial charge in [-0.1, -0.05) is 0 Å². The van der Waals surface area contributed by atoms with Crippen LogP contribution in [0.1, 0.15) is 13.8 Å². The third-order valence-corrected chi connectivity index (χ3v) is 1.50. The van der Waals surface area contributed by atoms with Crippen LogP contribution < -0.4 is 0 Å². The molecule has 0 aliphatic rings. The van der Waals surface area contributed by atoms with E-state index in [1.165, 1.54) is 6.92 Å². The maximum atomic E-state index is 10.5. The lowest BCUT2D eigenvalue weighted by Crippen LogP contribution is -2.43. The van der Waals surface area contributed by atoms with E-state index >= 15 is 0 Å². The SMILES string of the molecule is C[C@H](CO)N(C[C@@H](C)O)C(=O)O. The van der Waals surface area contributed by atoms with Crippen molar-refractivity contribution in [2.24, 2.45) is 0 Å². The third-order valence-electron chi connectivity index (χ3n) is 1.50. The van der Waals surface area contributed by atoms with Gasteiger partial charge in [0.15, 0.2) is 0 Å². The Morgan fingerprint density at radius 1 is 1.50 bits per heavy atom. The number of aliphatic hydroxyl groups is 2. The lowest BCUT2D eigenvalue weighted by atomic mass is 10.3. The van der Waals surface area contributed by atoms with Gasteiger partial charge < -0.3 is 20.2 Å². The summed E-state index contributed by atoms with van der Waals surface area (Å²) in [5, 5.41) is 26.2. The van der Waals surface area contributed by atoms with Gasteiger partial charge in [-0.2, -0.15) is 0 Å². The first-order chi connectivity index (χ1) is 5.49. The fourth-order valence-corrected chi connectivity index (χ4v) is 0.830. The smallest absolute Gasteiger partial charge is 0.407 e. The molecule has 0 radical (unpaired) electrons. The second kappa shape index (κ2) is 4.95. The lowest BCUT2D eigenvalue weighted by Gasteiger charge is -2.25. The van der Waals surface area contributed by atoms with Crippen LogP contribution in [0.5, 0.6) is 0 Å². The first kappa shape index (κ1) is 11.2. The highest BCUT2D eigenvalue weighted by Crippen LogP contribution is 2.00. The minimum Gasteiger partial charge on any atom is -0.465 e. The Bertz CT molecular complexity index is 148. The van der Waals surface area contributed by atoms with Crippen LogP contribution >= 0.6 is 0 Å². The monoisotopic (exact) mass is 177 g/mol. The van der Waals surface area contributed by atoms with Crippen LogP contribution in [0.25, 0.3) is 0 Å². The van der Waals surface area contributed by atoms with Gasteiger partial charge in [0.05, 0.1) is 25.3 Å². The molecule has 72 valence electrons. The fraction of sp³-hybridized carbons (Fsp3) is 0.857. The Hall–Kier alpha value is -0.810. The van der Waals surface area contributed by atoms with Crippen LogP contribution in [0.4, 0.5) is 4.79 Å². The van der Waals surface area contributed by atoms with E-state index in [-0.39, 0.29) is 13.2 Å². The number of amides is 1. The number of carboxylic acid groups (broad SMARTS) is 1. The Labute approximate surface area is 71.2 Å². The quantitative estimate of drug-likeness (QED) is 0.552. The highest BCUT2D eigenvalue weighted by atomic mass is 16.4. The Morgan fingerprint density at radius 3 is 2.25 bits per heavy atom. The number of carbonyl (C=O) groups is 1. The van der Waals surface area contributed by atoms with E-state index in [2.05, 4.69) is 0 Å². The van der Waals surface area contributed by atoms with Crippen molar-refractivity contribution in [3.8, 4) is 0 Å². The number of aliphatic hydroxyl groups excluding tert-OH is 2. The number of rotatable bonds is 4. The summed E-state index contributed by atoms with van der Waals surface area (Å²) in [5.41, 5.74) is 0. The molecule has 0 bridgehead atoms. The van der Waals surface area contributed by atoms with Gasteiger partial charge in [0, 0.05) is 0 Å². The second-order valence-electron chi connectivity index (χ2n) is 2.82. The van der Waals surface area contributed by atoms with E-state index < -0.39 is 18.2 Å². The van der Waals surface area contributed by atoms with Crippen LogP contribution in [-0.2, 0) is 0 Å². The van der Waals surface area contributed by atoms with Crippen LogP contribution in [0, 0.1) is 0 Å². The molecule has 0 aromatic carbocycles. The van der Waals surface area contributed by atoms with E-state index in [0.29, 0.717) is 0 Å². The molecule has 12 heavy (non-hydrogen) atoms. The van der Waals surface area contributed by atoms with Crippen molar-refractivity contribution < 1.29 is 20.1 Å². The predicted octanol–water partition coefficient (Wildman–Crippen LogP) is -0.272. The zero-order valence-corrected chi connectivity index (χ0v) is 7.27. The van der Waals surface area contributed by atoms with Gasteiger partial charge >= 0.3 is 6.09 Å². The van der Waals surface area contributed by atoms with E-state index in [1.807, 2.05) is 0 Å². The standard InChI is InChI=1S/C7H15NO4/c1-5(4-9)8(7(11)12)3-6(2)10/h5-6,9-10H,3-4H2,1-2H3,(H,11,12)/t5-,6-/m1/s1. The molecule has 1 amide bonds. The zero-order valence-electron chi connectivity index (χ0n) is 7.27. The minimum absolute atomic E-state index is 0.0249. The number of nitrogens with zero attached hydrogens (tertiary/aromatic N) is 1. The van der Waals surface area contributed by atoms with E-state index in [1.54, 1.807) is 6.92 Å². The number of hydrogen-bond donors (Lipinski definition) is 3. The van der Waals surface area contributed by atoms with Crippen molar-refractivity contribution in [1.29, 1.82) is 0 Å². The molecular formula is C7H15NO4. The second-order valence-corrected chi connectivity index (χ2v) is 2.82. The molecule has 0 heterocycles. The predicted molar refractivity (Wildman–Crippen MR) is 43.0 cm³/mol. The summed E-state index contributed by atoms with van der Waals surface area (Å²) in [6, 6.07) is -0.475. The molecular weight excluding hydrogens is 162 g/mol. The Morgan fingerprint density at radius 2 is 2.00 bits per heavy atom. The molecule has 5 nitrogen and oxygen atoms in total.